The Morgan fingerprint density at radius 3 is 2.68 bits per heavy atom. The molecule has 2 N–H and O–H groups in total. The number of rotatable bonds is 6. The molecule has 104 valence electrons. The predicted molar refractivity (Wildman–Crippen MR) is 75.1 cm³/mol. The topological polar surface area (TPSA) is 66.9 Å². The third kappa shape index (κ3) is 3.66. The summed E-state index contributed by atoms with van der Waals surface area (Å²) in [5, 5.41) is 14.0. The summed E-state index contributed by atoms with van der Waals surface area (Å²) in [6.07, 6.45) is 4.68. The third-order valence-corrected chi connectivity index (χ3v) is 3.69. The molecule has 1 aromatic rings. The second kappa shape index (κ2) is 5.99. The highest BCUT2D eigenvalue weighted by molar-refractivity contribution is 5.92. The predicted octanol–water partition coefficient (Wildman–Crippen LogP) is 2.22. The molecule has 1 heterocycles. The number of nitrogens with zero attached hydrogens (tertiary/aromatic N) is 2. The van der Waals surface area contributed by atoms with Crippen LogP contribution in [0.4, 0.5) is 5.82 Å². The van der Waals surface area contributed by atoms with Gasteiger partial charge in [0.25, 0.3) is 5.91 Å². The number of carbonyl (C=O) groups is 1. The number of anilines is 1. The molecule has 2 rings (SSSR count). The lowest BCUT2D eigenvalue weighted by atomic mass is 9.70. The van der Waals surface area contributed by atoms with Gasteiger partial charge in [-0.15, -0.1) is 10.2 Å². The molecule has 0 saturated heterocycles. The summed E-state index contributed by atoms with van der Waals surface area (Å²) in [6.45, 7) is 5.88. The minimum atomic E-state index is -0.136. The van der Waals surface area contributed by atoms with Crippen LogP contribution in [-0.4, -0.2) is 29.2 Å². The van der Waals surface area contributed by atoms with Gasteiger partial charge in [-0.25, -0.2) is 0 Å². The number of hydrogen-bond acceptors (Lipinski definition) is 4. The maximum Gasteiger partial charge on any atom is 0.271 e. The van der Waals surface area contributed by atoms with Crippen molar-refractivity contribution in [3.8, 4) is 0 Å². The number of aromatic nitrogens is 2. The fourth-order valence-electron chi connectivity index (χ4n) is 2.14. The zero-order valence-electron chi connectivity index (χ0n) is 11.7. The smallest absolute Gasteiger partial charge is 0.271 e. The quantitative estimate of drug-likeness (QED) is 0.825. The van der Waals surface area contributed by atoms with Gasteiger partial charge in [-0.05, 0) is 36.8 Å². The lowest BCUT2D eigenvalue weighted by molar-refractivity contribution is 0.0885. The minimum Gasteiger partial charge on any atom is -0.369 e. The van der Waals surface area contributed by atoms with Gasteiger partial charge in [-0.3, -0.25) is 4.79 Å². The van der Waals surface area contributed by atoms with Crippen molar-refractivity contribution in [2.75, 3.05) is 18.4 Å². The summed E-state index contributed by atoms with van der Waals surface area (Å²) in [4.78, 5) is 11.9. The first kappa shape index (κ1) is 13.8. The van der Waals surface area contributed by atoms with Crippen LogP contribution in [0.2, 0.25) is 0 Å². The molecule has 1 aliphatic carbocycles. The van der Waals surface area contributed by atoms with Crippen LogP contribution in [-0.2, 0) is 0 Å². The first-order chi connectivity index (χ1) is 9.13. The van der Waals surface area contributed by atoms with Crippen molar-refractivity contribution < 1.29 is 4.79 Å². The number of carbonyl (C=O) groups excluding carboxylic acids is 1. The van der Waals surface area contributed by atoms with Crippen LogP contribution in [0, 0.1) is 5.41 Å². The fraction of sp³-hybridized carbons (Fsp3) is 0.643. The molecule has 1 fully saturated rings. The van der Waals surface area contributed by atoms with E-state index < -0.39 is 0 Å². The first-order valence-electron chi connectivity index (χ1n) is 6.99. The van der Waals surface area contributed by atoms with Crippen LogP contribution < -0.4 is 10.6 Å². The van der Waals surface area contributed by atoms with Crippen molar-refractivity contribution in [1.82, 2.24) is 15.5 Å². The molecule has 0 atom stereocenters. The first-order valence-corrected chi connectivity index (χ1v) is 6.99. The van der Waals surface area contributed by atoms with E-state index in [4.69, 9.17) is 0 Å². The molecular formula is C14H22N4O. The van der Waals surface area contributed by atoms with Crippen LogP contribution >= 0.6 is 0 Å². The van der Waals surface area contributed by atoms with E-state index in [9.17, 15) is 4.79 Å². The molecule has 0 aliphatic heterocycles. The molecule has 0 spiro atoms. The van der Waals surface area contributed by atoms with E-state index in [1.807, 2.05) is 0 Å². The molecule has 1 amide bonds. The van der Waals surface area contributed by atoms with E-state index in [1.165, 1.54) is 19.3 Å². The van der Waals surface area contributed by atoms with Gasteiger partial charge in [0.2, 0.25) is 0 Å². The Bertz CT molecular complexity index is 426. The SMILES string of the molecule is CCCNc1ccc(C(=O)NCC2(C)CCC2)nn1. The van der Waals surface area contributed by atoms with Gasteiger partial charge < -0.3 is 10.6 Å². The minimum absolute atomic E-state index is 0.136. The molecule has 5 heteroatoms. The summed E-state index contributed by atoms with van der Waals surface area (Å²) in [6, 6.07) is 3.51. The Balaban J connectivity index is 1.84. The Morgan fingerprint density at radius 2 is 2.16 bits per heavy atom. The highest BCUT2D eigenvalue weighted by atomic mass is 16.1. The van der Waals surface area contributed by atoms with Crippen molar-refractivity contribution in [3.05, 3.63) is 17.8 Å². The summed E-state index contributed by atoms with van der Waals surface area (Å²) < 4.78 is 0. The van der Waals surface area contributed by atoms with Gasteiger partial charge in [0, 0.05) is 13.1 Å². The normalized spacial score (nSPS) is 16.5. The Morgan fingerprint density at radius 1 is 1.37 bits per heavy atom. The van der Waals surface area contributed by atoms with Crippen LogP contribution in [0.15, 0.2) is 12.1 Å². The molecule has 0 aromatic carbocycles. The third-order valence-electron chi connectivity index (χ3n) is 3.69. The van der Waals surface area contributed by atoms with E-state index >= 15 is 0 Å². The van der Waals surface area contributed by atoms with Crippen molar-refractivity contribution in [1.29, 1.82) is 0 Å². The van der Waals surface area contributed by atoms with Gasteiger partial charge in [-0.1, -0.05) is 20.3 Å². The van der Waals surface area contributed by atoms with Crippen LogP contribution in [0.5, 0.6) is 0 Å². The Kier molecular flexibility index (Phi) is 4.35. The summed E-state index contributed by atoms with van der Waals surface area (Å²) in [5.41, 5.74) is 0.663. The number of hydrogen-bond donors (Lipinski definition) is 2. The zero-order chi connectivity index (χ0) is 13.7. The van der Waals surface area contributed by atoms with Crippen LogP contribution in [0.25, 0.3) is 0 Å². The molecular weight excluding hydrogens is 240 g/mol. The van der Waals surface area contributed by atoms with Crippen molar-refractivity contribution in [2.45, 2.75) is 39.5 Å². The maximum atomic E-state index is 11.9. The summed E-state index contributed by atoms with van der Waals surface area (Å²) >= 11 is 0. The Hall–Kier alpha value is -1.65. The largest absolute Gasteiger partial charge is 0.369 e. The second-order valence-corrected chi connectivity index (χ2v) is 5.58. The van der Waals surface area contributed by atoms with E-state index in [0.717, 1.165) is 19.5 Å². The lowest BCUT2D eigenvalue weighted by Crippen LogP contribution is -2.40. The van der Waals surface area contributed by atoms with E-state index in [0.29, 0.717) is 11.5 Å². The molecule has 5 nitrogen and oxygen atoms in total. The van der Waals surface area contributed by atoms with Gasteiger partial charge in [0.1, 0.15) is 5.82 Å². The molecule has 1 saturated carbocycles. The maximum absolute atomic E-state index is 11.9. The van der Waals surface area contributed by atoms with Crippen LogP contribution in [0.1, 0.15) is 50.0 Å². The monoisotopic (exact) mass is 262 g/mol. The number of amides is 1. The average molecular weight is 262 g/mol. The van der Waals surface area contributed by atoms with E-state index in [-0.39, 0.29) is 11.3 Å². The standard InChI is InChI=1S/C14H22N4O/c1-3-9-15-12-6-5-11(17-18-12)13(19)16-10-14(2)7-4-8-14/h5-6H,3-4,7-10H2,1-2H3,(H,15,18)(H,16,19). The fourth-order valence-corrected chi connectivity index (χ4v) is 2.14. The van der Waals surface area contributed by atoms with Gasteiger partial charge in [0.05, 0.1) is 0 Å². The van der Waals surface area contributed by atoms with Crippen molar-refractivity contribution >= 4 is 11.7 Å². The summed E-state index contributed by atoms with van der Waals surface area (Å²) in [7, 11) is 0. The highest BCUT2D eigenvalue weighted by Crippen LogP contribution is 2.39. The zero-order valence-corrected chi connectivity index (χ0v) is 11.7. The van der Waals surface area contributed by atoms with Gasteiger partial charge >= 0.3 is 0 Å². The molecule has 1 aliphatic rings. The number of nitrogens with one attached hydrogen (secondary N) is 2. The lowest BCUT2D eigenvalue weighted by Gasteiger charge is -2.38. The van der Waals surface area contributed by atoms with Crippen molar-refractivity contribution in [3.63, 3.8) is 0 Å². The molecule has 1 aromatic heterocycles. The van der Waals surface area contributed by atoms with Crippen LogP contribution in [0.3, 0.4) is 0 Å². The van der Waals surface area contributed by atoms with Gasteiger partial charge in [-0.2, -0.15) is 0 Å². The molecule has 0 radical (unpaired) electrons. The van der Waals surface area contributed by atoms with E-state index in [2.05, 4.69) is 34.7 Å². The average Bonchev–Trinajstić information content (AvgIpc) is 2.41. The summed E-state index contributed by atoms with van der Waals surface area (Å²) in [5.74, 6) is 0.576. The van der Waals surface area contributed by atoms with E-state index in [1.54, 1.807) is 12.1 Å². The highest BCUT2D eigenvalue weighted by Gasteiger charge is 2.32. The molecule has 0 bridgehead atoms. The molecule has 0 unspecified atom stereocenters. The second-order valence-electron chi connectivity index (χ2n) is 5.58. The molecule has 19 heavy (non-hydrogen) atoms. The van der Waals surface area contributed by atoms with Gasteiger partial charge in [0.15, 0.2) is 5.69 Å². The van der Waals surface area contributed by atoms with Crippen molar-refractivity contribution in [2.24, 2.45) is 5.41 Å². The Labute approximate surface area is 114 Å².